The van der Waals surface area contributed by atoms with Crippen LogP contribution >= 0.6 is 12.4 Å². The lowest BCUT2D eigenvalue weighted by Gasteiger charge is -2.32. The maximum atomic E-state index is 12.2. The molecule has 0 spiro atoms. The van der Waals surface area contributed by atoms with Crippen molar-refractivity contribution in [3.05, 3.63) is 0 Å². The first-order chi connectivity index (χ1) is 8.66. The monoisotopic (exact) mass is 292 g/mol. The smallest absolute Gasteiger partial charge is 0.251 e. The third-order valence-electron chi connectivity index (χ3n) is 3.67. The highest BCUT2D eigenvalue weighted by atomic mass is 35.5. The fourth-order valence-corrected chi connectivity index (χ4v) is 2.57. The molecule has 2 aliphatic heterocycles. The summed E-state index contributed by atoms with van der Waals surface area (Å²) in [5, 5.41) is 0. The normalized spacial score (nSPS) is 28.8. The molecular weight excluding hydrogens is 268 g/mol. The lowest BCUT2D eigenvalue weighted by molar-refractivity contribution is -0.145. The van der Waals surface area contributed by atoms with Crippen LogP contribution in [0.4, 0.5) is 0 Å². The van der Waals surface area contributed by atoms with E-state index in [2.05, 4.69) is 0 Å². The van der Waals surface area contributed by atoms with Gasteiger partial charge in [0.25, 0.3) is 5.91 Å². The Morgan fingerprint density at radius 3 is 2.89 bits per heavy atom. The number of carbonyl (C=O) groups is 1. The highest BCUT2D eigenvalue weighted by Gasteiger charge is 2.26. The Morgan fingerprint density at radius 1 is 1.47 bits per heavy atom. The standard InChI is InChI=1S/C13H24N2O3.ClH/c1-10(18-9-12-5-3-7-17-12)13(16)15-6-2-4-11(14)8-15;/h10-12H,2-9,14H2,1H3;1H. The van der Waals surface area contributed by atoms with Crippen LogP contribution in [0.1, 0.15) is 32.6 Å². The summed E-state index contributed by atoms with van der Waals surface area (Å²) in [7, 11) is 0. The third kappa shape index (κ3) is 4.91. The van der Waals surface area contributed by atoms with Gasteiger partial charge in [0.2, 0.25) is 0 Å². The average molecular weight is 293 g/mol. The Labute approximate surface area is 121 Å². The molecule has 3 atom stereocenters. The molecule has 0 saturated carbocycles. The fraction of sp³-hybridized carbons (Fsp3) is 0.923. The van der Waals surface area contributed by atoms with Crippen LogP contribution in [0.15, 0.2) is 0 Å². The second-order valence-corrected chi connectivity index (χ2v) is 5.30. The van der Waals surface area contributed by atoms with E-state index in [4.69, 9.17) is 15.2 Å². The average Bonchev–Trinajstić information content (AvgIpc) is 2.88. The number of carbonyl (C=O) groups excluding carboxylic acids is 1. The maximum Gasteiger partial charge on any atom is 0.251 e. The Hall–Kier alpha value is -0.360. The lowest BCUT2D eigenvalue weighted by atomic mass is 10.1. The molecule has 2 N–H and O–H groups in total. The molecule has 0 aliphatic carbocycles. The van der Waals surface area contributed by atoms with E-state index < -0.39 is 0 Å². The van der Waals surface area contributed by atoms with E-state index in [0.717, 1.165) is 38.8 Å². The van der Waals surface area contributed by atoms with Gasteiger partial charge in [0.1, 0.15) is 6.10 Å². The number of nitrogens with zero attached hydrogens (tertiary/aromatic N) is 1. The predicted molar refractivity (Wildman–Crippen MR) is 75.4 cm³/mol. The molecule has 0 aromatic heterocycles. The van der Waals surface area contributed by atoms with Gasteiger partial charge in [0, 0.05) is 25.7 Å². The molecule has 0 bridgehead atoms. The molecule has 2 rings (SSSR count). The van der Waals surface area contributed by atoms with Crippen molar-refractivity contribution in [1.29, 1.82) is 0 Å². The highest BCUT2D eigenvalue weighted by molar-refractivity contribution is 5.85. The van der Waals surface area contributed by atoms with Gasteiger partial charge in [-0.1, -0.05) is 0 Å². The largest absolute Gasteiger partial charge is 0.376 e. The zero-order chi connectivity index (χ0) is 13.0. The minimum atomic E-state index is -0.389. The number of piperidine rings is 1. The summed E-state index contributed by atoms with van der Waals surface area (Å²) in [6, 6.07) is 0.119. The van der Waals surface area contributed by atoms with E-state index in [1.54, 1.807) is 0 Å². The van der Waals surface area contributed by atoms with E-state index in [1.165, 1.54) is 0 Å². The van der Waals surface area contributed by atoms with Gasteiger partial charge in [-0.25, -0.2) is 0 Å². The van der Waals surface area contributed by atoms with Crippen molar-refractivity contribution >= 4 is 18.3 Å². The van der Waals surface area contributed by atoms with Crippen LogP contribution in [0.25, 0.3) is 0 Å². The lowest BCUT2D eigenvalue weighted by Crippen LogP contribution is -2.49. The van der Waals surface area contributed by atoms with Crippen molar-refractivity contribution < 1.29 is 14.3 Å². The Bertz CT molecular complexity index is 285. The van der Waals surface area contributed by atoms with Crippen LogP contribution in [-0.4, -0.2) is 55.4 Å². The van der Waals surface area contributed by atoms with Crippen molar-refractivity contribution in [2.75, 3.05) is 26.3 Å². The Kier molecular flexibility index (Phi) is 7.07. The molecule has 3 unspecified atom stereocenters. The maximum absolute atomic E-state index is 12.2. The van der Waals surface area contributed by atoms with Crippen molar-refractivity contribution in [1.82, 2.24) is 4.90 Å². The second kappa shape index (κ2) is 8.04. The Morgan fingerprint density at radius 2 is 2.26 bits per heavy atom. The number of rotatable bonds is 4. The quantitative estimate of drug-likeness (QED) is 0.838. The SMILES string of the molecule is CC(OCC1CCCO1)C(=O)N1CCCC(N)C1.Cl. The van der Waals surface area contributed by atoms with Crippen LogP contribution in [0, 0.1) is 0 Å². The van der Waals surface area contributed by atoms with Crippen LogP contribution in [-0.2, 0) is 14.3 Å². The molecule has 0 aromatic carbocycles. The van der Waals surface area contributed by atoms with Gasteiger partial charge < -0.3 is 20.1 Å². The number of ether oxygens (including phenoxy) is 2. The molecule has 2 aliphatic rings. The summed E-state index contributed by atoms with van der Waals surface area (Å²) < 4.78 is 11.1. The van der Waals surface area contributed by atoms with E-state index in [-0.39, 0.29) is 36.6 Å². The first-order valence-corrected chi connectivity index (χ1v) is 6.94. The van der Waals surface area contributed by atoms with E-state index in [0.29, 0.717) is 13.2 Å². The van der Waals surface area contributed by atoms with Gasteiger partial charge in [-0.2, -0.15) is 0 Å². The minimum absolute atomic E-state index is 0. The molecule has 2 fully saturated rings. The molecule has 2 heterocycles. The molecule has 112 valence electrons. The number of hydrogen-bond donors (Lipinski definition) is 1. The van der Waals surface area contributed by atoms with Gasteiger partial charge >= 0.3 is 0 Å². The third-order valence-corrected chi connectivity index (χ3v) is 3.67. The first kappa shape index (κ1) is 16.7. The van der Waals surface area contributed by atoms with Gasteiger partial charge in [-0.05, 0) is 32.6 Å². The molecule has 2 saturated heterocycles. The second-order valence-electron chi connectivity index (χ2n) is 5.30. The summed E-state index contributed by atoms with van der Waals surface area (Å²) in [6.45, 7) is 4.62. The number of nitrogens with two attached hydrogens (primary N) is 1. The zero-order valence-corrected chi connectivity index (χ0v) is 12.4. The molecule has 19 heavy (non-hydrogen) atoms. The number of hydrogen-bond acceptors (Lipinski definition) is 4. The van der Waals surface area contributed by atoms with Crippen molar-refractivity contribution in [2.45, 2.75) is 50.9 Å². The van der Waals surface area contributed by atoms with Crippen LogP contribution < -0.4 is 5.73 Å². The van der Waals surface area contributed by atoms with Crippen molar-refractivity contribution in [3.8, 4) is 0 Å². The number of likely N-dealkylation sites (tertiary alicyclic amines) is 1. The molecule has 1 amide bonds. The molecule has 6 heteroatoms. The van der Waals surface area contributed by atoms with Gasteiger partial charge in [-0.3, -0.25) is 4.79 Å². The van der Waals surface area contributed by atoms with Crippen LogP contribution in [0.3, 0.4) is 0 Å². The summed E-state index contributed by atoms with van der Waals surface area (Å²) in [5.41, 5.74) is 5.88. The molecule has 0 radical (unpaired) electrons. The highest BCUT2D eigenvalue weighted by Crippen LogP contribution is 2.14. The topological polar surface area (TPSA) is 64.8 Å². The first-order valence-electron chi connectivity index (χ1n) is 6.94. The van der Waals surface area contributed by atoms with Crippen LogP contribution in [0.5, 0.6) is 0 Å². The van der Waals surface area contributed by atoms with Crippen molar-refractivity contribution in [3.63, 3.8) is 0 Å². The number of amides is 1. The van der Waals surface area contributed by atoms with Gasteiger partial charge in [0.15, 0.2) is 0 Å². The zero-order valence-electron chi connectivity index (χ0n) is 11.5. The summed E-state index contributed by atoms with van der Waals surface area (Å²) in [4.78, 5) is 14.0. The van der Waals surface area contributed by atoms with Gasteiger partial charge in [-0.15, -0.1) is 12.4 Å². The van der Waals surface area contributed by atoms with Crippen molar-refractivity contribution in [2.24, 2.45) is 5.73 Å². The molecule has 0 aromatic rings. The summed E-state index contributed by atoms with van der Waals surface area (Å²) in [6.07, 6.45) is 3.91. The summed E-state index contributed by atoms with van der Waals surface area (Å²) in [5.74, 6) is 0.0585. The van der Waals surface area contributed by atoms with E-state index in [9.17, 15) is 4.79 Å². The minimum Gasteiger partial charge on any atom is -0.376 e. The predicted octanol–water partition coefficient (Wildman–Crippen LogP) is 0.942. The fourth-order valence-electron chi connectivity index (χ4n) is 2.57. The summed E-state index contributed by atoms with van der Waals surface area (Å²) >= 11 is 0. The Balaban J connectivity index is 0.00000180. The molecular formula is C13H25ClN2O3. The van der Waals surface area contributed by atoms with Crippen LogP contribution in [0.2, 0.25) is 0 Å². The molecule has 5 nitrogen and oxygen atoms in total. The van der Waals surface area contributed by atoms with Gasteiger partial charge in [0.05, 0.1) is 12.7 Å². The van der Waals surface area contributed by atoms with E-state index in [1.807, 2.05) is 11.8 Å². The number of halogens is 1. The van der Waals surface area contributed by atoms with E-state index >= 15 is 0 Å².